The first-order valence-corrected chi connectivity index (χ1v) is 8.47. The molecule has 3 heterocycles. The lowest BCUT2D eigenvalue weighted by molar-refractivity contribution is -0.130. The Morgan fingerprint density at radius 2 is 2.04 bits per heavy atom. The third-order valence-corrected chi connectivity index (χ3v) is 4.73. The van der Waals surface area contributed by atoms with Crippen molar-refractivity contribution in [2.45, 2.75) is 19.4 Å². The highest BCUT2D eigenvalue weighted by Crippen LogP contribution is 2.21. The fraction of sp³-hybridized carbons (Fsp3) is 0.316. The fourth-order valence-corrected chi connectivity index (χ4v) is 3.44. The Labute approximate surface area is 144 Å². The van der Waals surface area contributed by atoms with Gasteiger partial charge in [-0.25, -0.2) is 4.79 Å². The first-order chi connectivity index (χ1) is 12.2. The summed E-state index contributed by atoms with van der Waals surface area (Å²) in [5.74, 6) is -0.118. The minimum atomic E-state index is -0.487. The minimum Gasteiger partial charge on any atom is -0.408 e. The Hall–Kier alpha value is -2.89. The Balaban J connectivity index is 1.43. The quantitative estimate of drug-likeness (QED) is 0.731. The number of amides is 1. The molecule has 1 aliphatic rings. The molecule has 0 spiro atoms. The van der Waals surface area contributed by atoms with Crippen LogP contribution >= 0.6 is 0 Å². The van der Waals surface area contributed by atoms with Crippen LogP contribution in [-0.4, -0.2) is 33.4 Å². The molecule has 1 atom stereocenters. The first-order valence-electron chi connectivity index (χ1n) is 8.47. The lowest BCUT2D eigenvalue weighted by Gasteiger charge is -2.16. The Kier molecular flexibility index (Phi) is 4.09. The van der Waals surface area contributed by atoms with Crippen molar-refractivity contribution in [2.24, 2.45) is 5.92 Å². The van der Waals surface area contributed by atoms with E-state index in [9.17, 15) is 9.59 Å². The number of aromatic nitrogens is 2. The number of hydrogen-bond acceptors (Lipinski definition) is 4. The second-order valence-corrected chi connectivity index (χ2v) is 6.44. The maximum Gasteiger partial charge on any atom is 0.420 e. The average molecular weight is 337 g/mol. The average Bonchev–Trinajstić information content (AvgIpc) is 3.21. The molecular weight excluding hydrogens is 318 g/mol. The van der Waals surface area contributed by atoms with E-state index >= 15 is 0 Å². The van der Waals surface area contributed by atoms with Crippen molar-refractivity contribution in [2.75, 3.05) is 13.1 Å². The van der Waals surface area contributed by atoms with Gasteiger partial charge in [0.05, 0.1) is 5.52 Å². The maximum absolute atomic E-state index is 12.6. The molecule has 6 heteroatoms. The Morgan fingerprint density at radius 3 is 2.88 bits per heavy atom. The molecular formula is C19H19N3O3. The monoisotopic (exact) mass is 337 g/mol. The molecule has 1 amide bonds. The van der Waals surface area contributed by atoms with Gasteiger partial charge in [0.2, 0.25) is 5.91 Å². The van der Waals surface area contributed by atoms with Crippen LogP contribution in [0, 0.1) is 5.92 Å². The van der Waals surface area contributed by atoms with Crippen LogP contribution in [0.1, 0.15) is 12.1 Å². The van der Waals surface area contributed by atoms with Gasteiger partial charge in [0.15, 0.2) is 5.58 Å². The molecule has 0 radical (unpaired) electrons. The number of oxazole rings is 1. The van der Waals surface area contributed by atoms with Crippen LogP contribution in [0.25, 0.3) is 11.1 Å². The Morgan fingerprint density at radius 1 is 1.20 bits per heavy atom. The second-order valence-electron chi connectivity index (χ2n) is 6.44. The van der Waals surface area contributed by atoms with E-state index in [1.54, 1.807) is 24.4 Å². The number of carbonyl (C=O) groups excluding carboxylic acids is 1. The predicted octanol–water partition coefficient (Wildman–Crippen LogP) is 2.08. The smallest absolute Gasteiger partial charge is 0.408 e. The summed E-state index contributed by atoms with van der Waals surface area (Å²) in [6.07, 6.45) is 3.63. The van der Waals surface area contributed by atoms with Crippen LogP contribution in [0.4, 0.5) is 0 Å². The molecule has 2 aromatic heterocycles. The van der Waals surface area contributed by atoms with Gasteiger partial charge in [-0.15, -0.1) is 0 Å². The van der Waals surface area contributed by atoms with Crippen LogP contribution < -0.4 is 5.76 Å². The topological polar surface area (TPSA) is 68.3 Å². The highest BCUT2D eigenvalue weighted by Gasteiger charge is 2.27. The third kappa shape index (κ3) is 3.20. The maximum atomic E-state index is 12.6. The van der Waals surface area contributed by atoms with Crippen molar-refractivity contribution in [3.8, 4) is 0 Å². The standard InChI is InChI=1S/C19H19N3O3/c23-18(13-22-16-6-1-2-7-17(16)25-19(22)24)21-10-8-14(12-21)11-15-5-3-4-9-20-15/h1-7,9,14H,8,10-13H2. The molecule has 1 aliphatic heterocycles. The second kappa shape index (κ2) is 6.55. The number of para-hydroxylation sites is 2. The van der Waals surface area contributed by atoms with E-state index in [2.05, 4.69) is 4.98 Å². The van der Waals surface area contributed by atoms with E-state index in [-0.39, 0.29) is 12.5 Å². The largest absolute Gasteiger partial charge is 0.420 e. The molecule has 3 aromatic rings. The summed E-state index contributed by atoms with van der Waals surface area (Å²) < 4.78 is 6.60. The molecule has 0 bridgehead atoms. The molecule has 0 N–H and O–H groups in total. The lowest BCUT2D eigenvalue weighted by Crippen LogP contribution is -2.34. The zero-order valence-corrected chi connectivity index (χ0v) is 13.8. The summed E-state index contributed by atoms with van der Waals surface area (Å²) in [5, 5.41) is 0. The van der Waals surface area contributed by atoms with E-state index in [0.29, 0.717) is 23.6 Å². The van der Waals surface area contributed by atoms with E-state index < -0.39 is 5.76 Å². The lowest BCUT2D eigenvalue weighted by atomic mass is 10.0. The molecule has 4 rings (SSSR count). The van der Waals surface area contributed by atoms with Crippen molar-refractivity contribution in [3.63, 3.8) is 0 Å². The summed E-state index contributed by atoms with van der Waals surface area (Å²) in [6, 6.07) is 13.1. The highest BCUT2D eigenvalue weighted by molar-refractivity contribution is 5.79. The summed E-state index contributed by atoms with van der Waals surface area (Å²) in [5.41, 5.74) is 2.22. The van der Waals surface area contributed by atoms with Crippen LogP contribution in [-0.2, 0) is 17.8 Å². The zero-order valence-electron chi connectivity index (χ0n) is 13.8. The normalized spacial score (nSPS) is 17.3. The number of likely N-dealkylation sites (tertiary alicyclic amines) is 1. The van der Waals surface area contributed by atoms with Gasteiger partial charge in [-0.05, 0) is 43.0 Å². The SMILES string of the molecule is O=C(Cn1c(=O)oc2ccccc21)N1CCC(Cc2ccccn2)C1. The zero-order chi connectivity index (χ0) is 17.2. The van der Waals surface area contributed by atoms with Gasteiger partial charge in [0, 0.05) is 25.0 Å². The molecule has 25 heavy (non-hydrogen) atoms. The molecule has 128 valence electrons. The number of benzene rings is 1. The van der Waals surface area contributed by atoms with E-state index in [0.717, 1.165) is 25.1 Å². The number of hydrogen-bond donors (Lipinski definition) is 0. The van der Waals surface area contributed by atoms with Crippen molar-refractivity contribution in [1.82, 2.24) is 14.5 Å². The molecule has 0 aliphatic carbocycles. The van der Waals surface area contributed by atoms with Gasteiger partial charge < -0.3 is 9.32 Å². The molecule has 1 aromatic carbocycles. The molecule has 6 nitrogen and oxygen atoms in total. The Bertz CT molecular complexity index is 945. The van der Waals surface area contributed by atoms with Gasteiger partial charge in [-0.2, -0.15) is 0 Å². The first kappa shape index (κ1) is 15.6. The molecule has 1 unspecified atom stereocenters. The molecule has 0 saturated carbocycles. The van der Waals surface area contributed by atoms with Crippen LogP contribution in [0.5, 0.6) is 0 Å². The number of fused-ring (bicyclic) bond motifs is 1. The van der Waals surface area contributed by atoms with Gasteiger partial charge >= 0.3 is 5.76 Å². The van der Waals surface area contributed by atoms with E-state index in [1.807, 2.05) is 29.2 Å². The van der Waals surface area contributed by atoms with E-state index in [1.165, 1.54) is 4.57 Å². The number of carbonyl (C=O) groups is 1. The summed E-state index contributed by atoms with van der Waals surface area (Å²) in [4.78, 5) is 30.8. The van der Waals surface area contributed by atoms with Gasteiger partial charge in [0.25, 0.3) is 0 Å². The molecule has 1 fully saturated rings. The summed E-state index contributed by atoms with van der Waals surface area (Å²) in [7, 11) is 0. The van der Waals surface area contributed by atoms with Crippen molar-refractivity contribution >= 4 is 17.0 Å². The minimum absolute atomic E-state index is 0.0200. The van der Waals surface area contributed by atoms with Crippen LogP contribution in [0.3, 0.4) is 0 Å². The number of pyridine rings is 1. The fourth-order valence-electron chi connectivity index (χ4n) is 3.44. The summed E-state index contributed by atoms with van der Waals surface area (Å²) >= 11 is 0. The van der Waals surface area contributed by atoms with Crippen LogP contribution in [0.15, 0.2) is 57.9 Å². The van der Waals surface area contributed by atoms with Crippen LogP contribution in [0.2, 0.25) is 0 Å². The third-order valence-electron chi connectivity index (χ3n) is 4.73. The van der Waals surface area contributed by atoms with Crippen molar-refractivity contribution in [3.05, 3.63) is 64.9 Å². The number of rotatable bonds is 4. The van der Waals surface area contributed by atoms with Gasteiger partial charge in [-0.3, -0.25) is 14.3 Å². The van der Waals surface area contributed by atoms with Gasteiger partial charge in [0.1, 0.15) is 6.54 Å². The van der Waals surface area contributed by atoms with Gasteiger partial charge in [-0.1, -0.05) is 18.2 Å². The molecule has 1 saturated heterocycles. The van der Waals surface area contributed by atoms with E-state index in [4.69, 9.17) is 4.42 Å². The van der Waals surface area contributed by atoms with Crippen molar-refractivity contribution in [1.29, 1.82) is 0 Å². The number of nitrogens with zero attached hydrogens (tertiary/aromatic N) is 3. The van der Waals surface area contributed by atoms with Crippen molar-refractivity contribution < 1.29 is 9.21 Å². The predicted molar refractivity (Wildman–Crippen MR) is 93.1 cm³/mol. The highest BCUT2D eigenvalue weighted by atomic mass is 16.4. The summed E-state index contributed by atoms with van der Waals surface area (Å²) in [6.45, 7) is 1.45.